The van der Waals surface area contributed by atoms with Crippen molar-refractivity contribution in [2.75, 3.05) is 20.7 Å². The number of rotatable bonds is 6. The fourth-order valence-electron chi connectivity index (χ4n) is 3.18. The molecule has 0 radical (unpaired) electrons. The molecule has 0 heterocycles. The van der Waals surface area contributed by atoms with E-state index in [0.29, 0.717) is 6.04 Å². The molecule has 0 saturated heterocycles. The molecular weight excluding hydrogens is 248 g/mol. The van der Waals surface area contributed by atoms with E-state index in [0.717, 1.165) is 24.8 Å². The van der Waals surface area contributed by atoms with E-state index in [9.17, 15) is 0 Å². The first-order valence-corrected chi connectivity index (χ1v) is 7.76. The lowest BCUT2D eigenvalue weighted by Crippen LogP contribution is -2.41. The van der Waals surface area contributed by atoms with Crippen LogP contribution in [0.25, 0.3) is 0 Å². The highest BCUT2D eigenvalue weighted by molar-refractivity contribution is 5.27. The van der Waals surface area contributed by atoms with E-state index in [-0.39, 0.29) is 0 Å². The molecule has 1 unspecified atom stereocenters. The first kappa shape index (κ1) is 15.3. The lowest BCUT2D eigenvalue weighted by Gasteiger charge is -2.30. The molecule has 0 amide bonds. The topological polar surface area (TPSA) is 38.5 Å². The summed E-state index contributed by atoms with van der Waals surface area (Å²) in [5.74, 6) is 1.64. The quantitative estimate of drug-likeness (QED) is 0.868. The van der Waals surface area contributed by atoms with Crippen molar-refractivity contribution < 1.29 is 4.74 Å². The Hall–Kier alpha value is -1.06. The van der Waals surface area contributed by atoms with Crippen LogP contribution in [0.1, 0.15) is 37.7 Å². The summed E-state index contributed by atoms with van der Waals surface area (Å²) in [5, 5.41) is 0. The third kappa shape index (κ3) is 4.50. The van der Waals surface area contributed by atoms with Crippen LogP contribution in [-0.4, -0.2) is 31.6 Å². The summed E-state index contributed by atoms with van der Waals surface area (Å²) in [6.45, 7) is 1.93. The van der Waals surface area contributed by atoms with Gasteiger partial charge in [0.2, 0.25) is 0 Å². The van der Waals surface area contributed by atoms with Gasteiger partial charge in [-0.25, -0.2) is 0 Å². The summed E-state index contributed by atoms with van der Waals surface area (Å²) in [7, 11) is 3.86. The lowest BCUT2D eigenvalue weighted by molar-refractivity contribution is 0.229. The molecule has 1 fully saturated rings. The van der Waals surface area contributed by atoms with Crippen LogP contribution in [-0.2, 0) is 6.54 Å². The van der Waals surface area contributed by atoms with E-state index in [1.807, 2.05) is 12.1 Å². The smallest absolute Gasteiger partial charge is 0.118 e. The molecular formula is C17H28N2O. The van der Waals surface area contributed by atoms with Gasteiger partial charge in [-0.2, -0.15) is 0 Å². The van der Waals surface area contributed by atoms with Crippen molar-refractivity contribution in [3.63, 3.8) is 0 Å². The van der Waals surface area contributed by atoms with Crippen LogP contribution in [0.15, 0.2) is 24.3 Å². The Labute approximate surface area is 123 Å². The molecule has 3 heteroatoms. The molecule has 0 spiro atoms. The Kier molecular flexibility index (Phi) is 5.86. The van der Waals surface area contributed by atoms with Crippen LogP contribution in [0.3, 0.4) is 0 Å². The minimum Gasteiger partial charge on any atom is -0.497 e. The minimum atomic E-state index is 0.318. The molecule has 2 N–H and O–H groups in total. The zero-order valence-electron chi connectivity index (χ0n) is 12.8. The number of nitrogens with zero attached hydrogens (tertiary/aromatic N) is 1. The van der Waals surface area contributed by atoms with Crippen molar-refractivity contribution in [1.82, 2.24) is 4.90 Å². The standard InChI is InChI=1S/C17H28N2O/c1-19(12-14-8-10-16(20-2)11-9-14)13-17(18)15-6-4-3-5-7-15/h8-11,15,17H,3-7,12-13,18H2,1-2H3. The summed E-state index contributed by atoms with van der Waals surface area (Å²) in [6.07, 6.45) is 6.75. The van der Waals surface area contributed by atoms with E-state index >= 15 is 0 Å². The molecule has 1 aliphatic rings. The van der Waals surface area contributed by atoms with E-state index < -0.39 is 0 Å². The Balaban J connectivity index is 1.79. The molecule has 3 nitrogen and oxygen atoms in total. The summed E-state index contributed by atoms with van der Waals surface area (Å²) < 4.78 is 5.18. The van der Waals surface area contributed by atoms with Gasteiger partial charge in [0.05, 0.1) is 7.11 Å². The second kappa shape index (κ2) is 7.65. The highest BCUT2D eigenvalue weighted by Gasteiger charge is 2.21. The van der Waals surface area contributed by atoms with Crippen molar-refractivity contribution >= 4 is 0 Å². The first-order valence-electron chi connectivity index (χ1n) is 7.76. The first-order chi connectivity index (χ1) is 9.69. The summed E-state index contributed by atoms with van der Waals surface area (Å²) in [6, 6.07) is 8.61. The van der Waals surface area contributed by atoms with E-state index in [1.165, 1.54) is 37.7 Å². The predicted octanol–water partition coefficient (Wildman–Crippen LogP) is 3.03. The molecule has 1 saturated carbocycles. The van der Waals surface area contributed by atoms with Gasteiger partial charge in [0.15, 0.2) is 0 Å². The molecule has 0 aliphatic heterocycles. The van der Waals surface area contributed by atoms with Crippen molar-refractivity contribution in [2.24, 2.45) is 11.7 Å². The highest BCUT2D eigenvalue weighted by Crippen LogP contribution is 2.26. The van der Waals surface area contributed by atoms with Crippen LogP contribution in [0, 0.1) is 5.92 Å². The average Bonchev–Trinajstić information content (AvgIpc) is 2.49. The zero-order chi connectivity index (χ0) is 14.4. The Morgan fingerprint density at radius 1 is 1.20 bits per heavy atom. The second-order valence-corrected chi connectivity index (χ2v) is 6.11. The lowest BCUT2D eigenvalue weighted by atomic mass is 9.84. The molecule has 0 aromatic heterocycles. The van der Waals surface area contributed by atoms with Crippen molar-refractivity contribution in [3.8, 4) is 5.75 Å². The fourth-order valence-corrected chi connectivity index (χ4v) is 3.18. The zero-order valence-corrected chi connectivity index (χ0v) is 12.8. The van der Waals surface area contributed by atoms with E-state index in [1.54, 1.807) is 7.11 Å². The number of benzene rings is 1. The Bertz CT molecular complexity index is 384. The van der Waals surface area contributed by atoms with Gasteiger partial charge in [0.1, 0.15) is 5.75 Å². The number of hydrogen-bond donors (Lipinski definition) is 1. The van der Waals surface area contributed by atoms with Gasteiger partial charge in [0.25, 0.3) is 0 Å². The molecule has 1 atom stereocenters. The van der Waals surface area contributed by atoms with Gasteiger partial charge in [-0.1, -0.05) is 31.4 Å². The molecule has 1 aromatic rings. The molecule has 1 aromatic carbocycles. The third-order valence-electron chi connectivity index (χ3n) is 4.39. The highest BCUT2D eigenvalue weighted by atomic mass is 16.5. The van der Waals surface area contributed by atoms with Crippen molar-refractivity contribution in [1.29, 1.82) is 0 Å². The molecule has 2 rings (SSSR count). The summed E-state index contributed by atoms with van der Waals surface area (Å²) in [5.41, 5.74) is 7.70. The van der Waals surface area contributed by atoms with Crippen LogP contribution in [0.2, 0.25) is 0 Å². The molecule has 1 aliphatic carbocycles. The number of ether oxygens (including phenoxy) is 1. The number of methoxy groups -OCH3 is 1. The van der Waals surface area contributed by atoms with Crippen molar-refractivity contribution in [3.05, 3.63) is 29.8 Å². The van der Waals surface area contributed by atoms with Gasteiger partial charge in [-0.05, 0) is 43.5 Å². The van der Waals surface area contributed by atoms with Crippen molar-refractivity contribution in [2.45, 2.75) is 44.7 Å². The number of hydrogen-bond acceptors (Lipinski definition) is 3. The van der Waals surface area contributed by atoms with Gasteiger partial charge >= 0.3 is 0 Å². The number of nitrogens with two attached hydrogens (primary N) is 1. The predicted molar refractivity (Wildman–Crippen MR) is 83.9 cm³/mol. The maximum absolute atomic E-state index is 6.39. The minimum absolute atomic E-state index is 0.318. The van der Waals surface area contributed by atoms with Gasteiger partial charge in [-0.3, -0.25) is 0 Å². The molecule has 0 bridgehead atoms. The van der Waals surface area contributed by atoms with E-state index in [2.05, 4.69) is 24.1 Å². The van der Waals surface area contributed by atoms with Gasteiger partial charge in [0, 0.05) is 19.1 Å². The summed E-state index contributed by atoms with van der Waals surface area (Å²) in [4.78, 5) is 2.33. The summed E-state index contributed by atoms with van der Waals surface area (Å²) >= 11 is 0. The fraction of sp³-hybridized carbons (Fsp3) is 0.647. The van der Waals surface area contributed by atoms with Crippen LogP contribution in [0.5, 0.6) is 5.75 Å². The second-order valence-electron chi connectivity index (χ2n) is 6.11. The van der Waals surface area contributed by atoms with Crippen LogP contribution >= 0.6 is 0 Å². The Morgan fingerprint density at radius 2 is 1.85 bits per heavy atom. The third-order valence-corrected chi connectivity index (χ3v) is 4.39. The molecule has 20 heavy (non-hydrogen) atoms. The maximum atomic E-state index is 6.39. The monoisotopic (exact) mass is 276 g/mol. The van der Waals surface area contributed by atoms with E-state index in [4.69, 9.17) is 10.5 Å². The number of likely N-dealkylation sites (N-methyl/N-ethyl adjacent to an activating group) is 1. The van der Waals surface area contributed by atoms with Gasteiger partial charge in [-0.15, -0.1) is 0 Å². The van der Waals surface area contributed by atoms with Gasteiger partial charge < -0.3 is 15.4 Å². The van der Waals surface area contributed by atoms with Crippen LogP contribution in [0.4, 0.5) is 0 Å². The van der Waals surface area contributed by atoms with Crippen LogP contribution < -0.4 is 10.5 Å². The average molecular weight is 276 g/mol. The largest absolute Gasteiger partial charge is 0.497 e. The molecule has 112 valence electrons. The SMILES string of the molecule is COc1ccc(CN(C)CC(N)C2CCCCC2)cc1. The maximum Gasteiger partial charge on any atom is 0.118 e. The normalized spacial score (nSPS) is 18.2. The Morgan fingerprint density at radius 3 is 2.45 bits per heavy atom.